The van der Waals surface area contributed by atoms with Crippen LogP contribution in [0.2, 0.25) is 0 Å². The molecule has 1 aliphatic carbocycles. The molecule has 0 radical (unpaired) electrons. The minimum absolute atomic E-state index is 0.0197. The lowest BCUT2D eigenvalue weighted by Gasteiger charge is -2.34. The third-order valence-corrected chi connectivity index (χ3v) is 4.25. The number of hydrogen-bond acceptors (Lipinski definition) is 4. The first-order valence-electron chi connectivity index (χ1n) is 7.44. The number of nitrogens with two attached hydrogens (primary N) is 1. The van der Waals surface area contributed by atoms with Crippen molar-refractivity contribution in [3.05, 3.63) is 0 Å². The summed E-state index contributed by atoms with van der Waals surface area (Å²) in [4.78, 5) is 23.3. The molecule has 21 heavy (non-hydrogen) atoms. The largest absolute Gasteiger partial charge is 0.481 e. The fraction of sp³-hybridized carbons (Fsp3) is 0.786. The monoisotopic (exact) mass is 298 g/mol. The summed E-state index contributed by atoms with van der Waals surface area (Å²) in [7, 11) is 0. The minimum Gasteiger partial charge on any atom is -0.481 e. The van der Waals surface area contributed by atoms with E-state index in [2.05, 4.69) is 22.7 Å². The quantitative estimate of drug-likeness (QED) is 0.229. The number of unbranched alkanes of at least 4 members (excludes halogenated alkanes) is 1. The van der Waals surface area contributed by atoms with Gasteiger partial charge in [-0.1, -0.05) is 19.8 Å². The second-order valence-electron chi connectivity index (χ2n) is 5.74. The van der Waals surface area contributed by atoms with Gasteiger partial charge in [-0.05, 0) is 25.7 Å². The molecular formula is C14H26N4O3. The summed E-state index contributed by atoms with van der Waals surface area (Å²) in [6.07, 6.45) is 5.65. The number of hydrogen-bond donors (Lipinski definition) is 4. The van der Waals surface area contributed by atoms with Crippen molar-refractivity contribution in [1.82, 2.24) is 10.6 Å². The van der Waals surface area contributed by atoms with Gasteiger partial charge in [-0.3, -0.25) is 9.59 Å². The molecule has 0 aromatic heterocycles. The molecule has 1 amide bonds. The lowest BCUT2D eigenvalue weighted by molar-refractivity contribution is -0.151. The van der Waals surface area contributed by atoms with Gasteiger partial charge in [-0.25, -0.2) is 0 Å². The number of rotatable bonds is 8. The van der Waals surface area contributed by atoms with Gasteiger partial charge in [0.1, 0.15) is 6.34 Å². The Morgan fingerprint density at radius 2 is 2.29 bits per heavy atom. The van der Waals surface area contributed by atoms with Gasteiger partial charge in [0, 0.05) is 19.0 Å². The van der Waals surface area contributed by atoms with Crippen molar-refractivity contribution in [2.24, 2.45) is 16.4 Å². The van der Waals surface area contributed by atoms with Crippen molar-refractivity contribution >= 4 is 18.2 Å². The van der Waals surface area contributed by atoms with Gasteiger partial charge in [-0.2, -0.15) is 5.10 Å². The Labute approximate surface area is 125 Å². The third kappa shape index (κ3) is 4.34. The second-order valence-corrected chi connectivity index (χ2v) is 5.74. The minimum atomic E-state index is -0.916. The number of hydrazone groups is 1. The molecule has 7 nitrogen and oxygen atoms in total. The Bertz CT molecular complexity index is 400. The topological polar surface area (TPSA) is 117 Å². The summed E-state index contributed by atoms with van der Waals surface area (Å²) in [5.74, 6) is 4.03. The molecule has 3 atom stereocenters. The van der Waals surface area contributed by atoms with Crippen LogP contribution < -0.4 is 16.5 Å². The lowest BCUT2D eigenvalue weighted by atomic mass is 9.76. The van der Waals surface area contributed by atoms with E-state index >= 15 is 0 Å². The normalized spacial score (nSPS) is 26.7. The van der Waals surface area contributed by atoms with E-state index in [1.807, 2.05) is 0 Å². The number of nitrogens with one attached hydrogen (secondary N) is 2. The Morgan fingerprint density at radius 3 is 2.81 bits per heavy atom. The molecule has 0 saturated heterocycles. The second kappa shape index (κ2) is 7.85. The number of carboxylic acids is 1. The van der Waals surface area contributed by atoms with Crippen molar-refractivity contribution in [2.45, 2.75) is 64.5 Å². The molecule has 0 aromatic rings. The van der Waals surface area contributed by atoms with Gasteiger partial charge < -0.3 is 21.6 Å². The Hall–Kier alpha value is -1.79. The SMILES string of the molecule is CCCCC(NC(C)=O)C1(C(=O)O)CC[C@@H](NC=NN)C1. The highest BCUT2D eigenvalue weighted by Gasteiger charge is 2.51. The number of carbonyl (C=O) groups is 2. The number of carboxylic acid groups (broad SMARTS) is 1. The predicted octanol–water partition coefficient (Wildman–Crippen LogP) is 0.796. The smallest absolute Gasteiger partial charge is 0.311 e. The van der Waals surface area contributed by atoms with Crippen molar-refractivity contribution in [1.29, 1.82) is 0 Å². The molecule has 0 heterocycles. The van der Waals surface area contributed by atoms with Gasteiger partial charge in [0.05, 0.1) is 5.41 Å². The Balaban J connectivity index is 2.90. The van der Waals surface area contributed by atoms with Gasteiger partial charge in [0.25, 0.3) is 0 Å². The van der Waals surface area contributed by atoms with E-state index in [-0.39, 0.29) is 18.0 Å². The standard InChI is InChI=1S/C14H26N4O3/c1-3-4-5-12(18-10(2)19)14(13(20)21)7-6-11(8-14)16-9-17-15/h9,11-12H,3-8,15H2,1-2H3,(H,16,17)(H,18,19)(H,20,21)/t11-,12?,14?/m1/s1. The molecule has 5 N–H and O–H groups in total. The molecule has 0 aliphatic heterocycles. The van der Waals surface area contributed by atoms with Crippen LogP contribution in [-0.4, -0.2) is 35.4 Å². The number of carbonyl (C=O) groups excluding carboxylic acids is 1. The summed E-state index contributed by atoms with van der Waals surface area (Å²) in [5.41, 5.74) is -0.916. The molecule has 1 rings (SSSR count). The molecule has 0 spiro atoms. The van der Waals surface area contributed by atoms with E-state index in [4.69, 9.17) is 5.84 Å². The van der Waals surface area contributed by atoms with Crippen LogP contribution in [0.15, 0.2) is 5.10 Å². The van der Waals surface area contributed by atoms with E-state index in [0.29, 0.717) is 19.3 Å². The van der Waals surface area contributed by atoms with Crippen LogP contribution in [0.1, 0.15) is 52.4 Å². The van der Waals surface area contributed by atoms with Crippen molar-refractivity contribution in [3.8, 4) is 0 Å². The van der Waals surface area contributed by atoms with E-state index in [0.717, 1.165) is 19.3 Å². The van der Waals surface area contributed by atoms with Crippen LogP contribution in [0.25, 0.3) is 0 Å². The first kappa shape index (κ1) is 17.3. The number of amides is 1. The fourth-order valence-corrected chi connectivity index (χ4v) is 3.17. The van der Waals surface area contributed by atoms with Crippen LogP contribution in [-0.2, 0) is 9.59 Å². The summed E-state index contributed by atoms with van der Waals surface area (Å²) in [6.45, 7) is 3.48. The zero-order valence-electron chi connectivity index (χ0n) is 12.8. The average molecular weight is 298 g/mol. The van der Waals surface area contributed by atoms with Crippen molar-refractivity contribution in [2.75, 3.05) is 0 Å². The highest BCUT2D eigenvalue weighted by molar-refractivity contribution is 5.79. The van der Waals surface area contributed by atoms with Crippen molar-refractivity contribution < 1.29 is 14.7 Å². The van der Waals surface area contributed by atoms with Crippen LogP contribution in [0.4, 0.5) is 0 Å². The van der Waals surface area contributed by atoms with Crippen LogP contribution >= 0.6 is 0 Å². The molecule has 1 fully saturated rings. The number of nitrogens with zero attached hydrogens (tertiary/aromatic N) is 1. The highest BCUT2D eigenvalue weighted by atomic mass is 16.4. The maximum absolute atomic E-state index is 11.9. The molecule has 0 aromatic carbocycles. The van der Waals surface area contributed by atoms with E-state index in [9.17, 15) is 14.7 Å². The summed E-state index contributed by atoms with van der Waals surface area (Å²) in [6, 6.07) is -0.319. The highest BCUT2D eigenvalue weighted by Crippen LogP contribution is 2.43. The van der Waals surface area contributed by atoms with Gasteiger partial charge in [0.15, 0.2) is 0 Å². The maximum Gasteiger partial charge on any atom is 0.311 e. The lowest BCUT2D eigenvalue weighted by Crippen LogP contribution is -2.51. The van der Waals surface area contributed by atoms with E-state index in [1.165, 1.54) is 13.3 Å². The van der Waals surface area contributed by atoms with Crippen molar-refractivity contribution in [3.63, 3.8) is 0 Å². The number of aliphatic carboxylic acids is 1. The maximum atomic E-state index is 11.9. The van der Waals surface area contributed by atoms with E-state index in [1.54, 1.807) is 0 Å². The Kier molecular flexibility index (Phi) is 6.45. The van der Waals surface area contributed by atoms with Gasteiger partial charge >= 0.3 is 5.97 Å². The molecule has 2 unspecified atom stereocenters. The summed E-state index contributed by atoms with van der Waals surface area (Å²) < 4.78 is 0. The first-order chi connectivity index (χ1) is 9.96. The fourth-order valence-electron chi connectivity index (χ4n) is 3.17. The predicted molar refractivity (Wildman–Crippen MR) is 80.7 cm³/mol. The van der Waals surface area contributed by atoms with Crippen LogP contribution in [0.5, 0.6) is 0 Å². The summed E-state index contributed by atoms with van der Waals surface area (Å²) >= 11 is 0. The van der Waals surface area contributed by atoms with E-state index < -0.39 is 11.4 Å². The zero-order chi connectivity index (χ0) is 15.9. The third-order valence-electron chi connectivity index (χ3n) is 4.25. The molecule has 120 valence electrons. The van der Waals surface area contributed by atoms with Crippen LogP contribution in [0.3, 0.4) is 0 Å². The van der Waals surface area contributed by atoms with Crippen LogP contribution in [0, 0.1) is 5.41 Å². The zero-order valence-corrected chi connectivity index (χ0v) is 12.8. The Morgan fingerprint density at radius 1 is 1.57 bits per heavy atom. The molecular weight excluding hydrogens is 272 g/mol. The average Bonchev–Trinajstić information content (AvgIpc) is 2.86. The van der Waals surface area contributed by atoms with Gasteiger partial charge in [-0.15, -0.1) is 0 Å². The molecule has 0 bridgehead atoms. The first-order valence-corrected chi connectivity index (χ1v) is 7.44. The molecule has 1 saturated carbocycles. The van der Waals surface area contributed by atoms with Gasteiger partial charge in [0.2, 0.25) is 5.91 Å². The summed E-state index contributed by atoms with van der Waals surface area (Å²) in [5, 5.41) is 19.0. The molecule has 1 aliphatic rings. The molecule has 7 heteroatoms.